The maximum Gasteiger partial charge on any atom is 0.256 e. The SMILES string of the molecule is Cc1ccccc1C(=O)Nc1sc2c(c1C(N)=O)CC[C@H](C)C2. The van der Waals surface area contributed by atoms with Crippen molar-refractivity contribution in [2.45, 2.75) is 33.1 Å². The Morgan fingerprint density at radius 2 is 2.04 bits per heavy atom. The average Bonchev–Trinajstić information content (AvgIpc) is 2.84. The van der Waals surface area contributed by atoms with Gasteiger partial charge in [0.1, 0.15) is 5.00 Å². The number of hydrogen-bond donors (Lipinski definition) is 2. The van der Waals surface area contributed by atoms with Crippen LogP contribution < -0.4 is 11.1 Å². The van der Waals surface area contributed by atoms with Crippen molar-refractivity contribution in [3.63, 3.8) is 0 Å². The highest BCUT2D eigenvalue weighted by Gasteiger charge is 2.27. The fraction of sp³-hybridized carbons (Fsp3) is 0.333. The van der Waals surface area contributed by atoms with Crippen molar-refractivity contribution in [2.75, 3.05) is 5.32 Å². The van der Waals surface area contributed by atoms with E-state index in [4.69, 9.17) is 5.73 Å². The zero-order valence-corrected chi connectivity index (χ0v) is 14.1. The Kier molecular flexibility index (Phi) is 4.22. The van der Waals surface area contributed by atoms with Crippen LogP contribution in [0.1, 0.15) is 50.1 Å². The van der Waals surface area contributed by atoms with Crippen LogP contribution in [0.25, 0.3) is 0 Å². The van der Waals surface area contributed by atoms with Gasteiger partial charge < -0.3 is 11.1 Å². The van der Waals surface area contributed by atoms with E-state index in [1.165, 1.54) is 16.2 Å². The minimum absolute atomic E-state index is 0.197. The van der Waals surface area contributed by atoms with E-state index in [0.717, 1.165) is 30.4 Å². The van der Waals surface area contributed by atoms with Crippen LogP contribution in [0.3, 0.4) is 0 Å². The normalized spacial score (nSPS) is 16.7. The largest absolute Gasteiger partial charge is 0.365 e. The number of primary amides is 1. The third-order valence-electron chi connectivity index (χ3n) is 4.37. The van der Waals surface area contributed by atoms with Gasteiger partial charge in [-0.1, -0.05) is 25.1 Å². The molecular weight excluding hydrogens is 308 g/mol. The molecule has 0 fully saturated rings. The number of nitrogens with one attached hydrogen (secondary N) is 1. The van der Waals surface area contributed by atoms with Crippen molar-refractivity contribution in [1.82, 2.24) is 0 Å². The van der Waals surface area contributed by atoms with Crippen LogP contribution in [-0.2, 0) is 12.8 Å². The molecule has 1 aliphatic carbocycles. The topological polar surface area (TPSA) is 72.2 Å². The van der Waals surface area contributed by atoms with E-state index in [9.17, 15) is 9.59 Å². The molecule has 3 rings (SSSR count). The van der Waals surface area contributed by atoms with E-state index in [1.807, 2.05) is 25.1 Å². The molecule has 1 atom stereocenters. The van der Waals surface area contributed by atoms with Gasteiger partial charge in [0.05, 0.1) is 5.56 Å². The van der Waals surface area contributed by atoms with Gasteiger partial charge in [-0.2, -0.15) is 0 Å². The number of benzene rings is 1. The van der Waals surface area contributed by atoms with E-state index >= 15 is 0 Å². The first kappa shape index (κ1) is 15.7. The number of amides is 2. The van der Waals surface area contributed by atoms with E-state index < -0.39 is 5.91 Å². The number of fused-ring (bicyclic) bond motifs is 1. The second-order valence-corrected chi connectivity index (χ2v) is 7.29. The minimum Gasteiger partial charge on any atom is -0.365 e. The van der Waals surface area contributed by atoms with E-state index in [0.29, 0.717) is 22.0 Å². The van der Waals surface area contributed by atoms with E-state index in [1.54, 1.807) is 6.07 Å². The summed E-state index contributed by atoms with van der Waals surface area (Å²) >= 11 is 1.49. The fourth-order valence-corrected chi connectivity index (χ4v) is 4.51. The number of carbonyl (C=O) groups excluding carboxylic acids is 2. The van der Waals surface area contributed by atoms with Gasteiger partial charge in [0.15, 0.2) is 0 Å². The van der Waals surface area contributed by atoms with Crippen LogP contribution in [0.15, 0.2) is 24.3 Å². The lowest BCUT2D eigenvalue weighted by atomic mass is 9.88. The summed E-state index contributed by atoms with van der Waals surface area (Å²) in [7, 11) is 0. The highest BCUT2D eigenvalue weighted by molar-refractivity contribution is 7.17. The molecule has 1 aromatic heterocycles. The van der Waals surface area contributed by atoms with Crippen LogP contribution in [0.5, 0.6) is 0 Å². The second-order valence-electron chi connectivity index (χ2n) is 6.19. The molecule has 5 heteroatoms. The highest BCUT2D eigenvalue weighted by Crippen LogP contribution is 2.39. The van der Waals surface area contributed by atoms with Crippen LogP contribution in [0.2, 0.25) is 0 Å². The van der Waals surface area contributed by atoms with Crippen LogP contribution in [0, 0.1) is 12.8 Å². The smallest absolute Gasteiger partial charge is 0.256 e. The Balaban J connectivity index is 1.96. The van der Waals surface area contributed by atoms with E-state index in [2.05, 4.69) is 12.2 Å². The maximum atomic E-state index is 12.5. The molecule has 23 heavy (non-hydrogen) atoms. The zero-order chi connectivity index (χ0) is 16.6. The molecule has 0 saturated carbocycles. The molecule has 2 aromatic rings. The van der Waals surface area contributed by atoms with Crippen molar-refractivity contribution < 1.29 is 9.59 Å². The van der Waals surface area contributed by atoms with Gasteiger partial charge in [0.2, 0.25) is 0 Å². The third kappa shape index (κ3) is 3.01. The Morgan fingerprint density at radius 1 is 1.30 bits per heavy atom. The number of carbonyl (C=O) groups is 2. The molecule has 1 aromatic carbocycles. The highest BCUT2D eigenvalue weighted by atomic mass is 32.1. The number of thiophene rings is 1. The van der Waals surface area contributed by atoms with Gasteiger partial charge in [-0.05, 0) is 49.3 Å². The summed E-state index contributed by atoms with van der Waals surface area (Å²) in [4.78, 5) is 25.6. The van der Waals surface area contributed by atoms with Crippen molar-refractivity contribution in [1.29, 1.82) is 0 Å². The standard InChI is InChI=1S/C18H20N2O2S/c1-10-7-8-13-14(9-10)23-18(15(13)16(19)21)20-17(22)12-6-4-3-5-11(12)2/h3-6,10H,7-9H2,1-2H3,(H2,19,21)(H,20,22)/t10-/m0/s1. The summed E-state index contributed by atoms with van der Waals surface area (Å²) in [6.07, 6.45) is 2.85. The third-order valence-corrected chi connectivity index (χ3v) is 5.54. The van der Waals surface area contributed by atoms with Gasteiger partial charge >= 0.3 is 0 Å². The lowest BCUT2D eigenvalue weighted by Crippen LogP contribution is -2.19. The first-order valence-corrected chi connectivity index (χ1v) is 8.60. The Morgan fingerprint density at radius 3 is 2.74 bits per heavy atom. The summed E-state index contributed by atoms with van der Waals surface area (Å²) in [6.45, 7) is 4.10. The molecular formula is C18H20N2O2S. The number of hydrogen-bond acceptors (Lipinski definition) is 3. The van der Waals surface area contributed by atoms with Crippen molar-refractivity contribution in [2.24, 2.45) is 11.7 Å². The lowest BCUT2D eigenvalue weighted by Gasteiger charge is -2.18. The van der Waals surface area contributed by atoms with Gasteiger partial charge in [0, 0.05) is 10.4 Å². The molecule has 3 N–H and O–H groups in total. The summed E-state index contributed by atoms with van der Waals surface area (Å²) in [6, 6.07) is 7.40. The van der Waals surface area contributed by atoms with Gasteiger partial charge in [-0.15, -0.1) is 11.3 Å². The predicted molar refractivity (Wildman–Crippen MR) is 93.2 cm³/mol. The summed E-state index contributed by atoms with van der Waals surface area (Å²) in [5.74, 6) is -0.0591. The molecule has 120 valence electrons. The molecule has 0 bridgehead atoms. The summed E-state index contributed by atoms with van der Waals surface area (Å²) in [5, 5.41) is 3.49. The number of anilines is 1. The van der Waals surface area contributed by atoms with Crippen molar-refractivity contribution >= 4 is 28.2 Å². The molecule has 1 heterocycles. The zero-order valence-electron chi connectivity index (χ0n) is 13.3. The Bertz CT molecular complexity index is 779. The molecule has 0 spiro atoms. The first-order valence-electron chi connectivity index (χ1n) is 7.78. The maximum absolute atomic E-state index is 12.5. The average molecular weight is 328 g/mol. The van der Waals surface area contributed by atoms with Crippen molar-refractivity contribution in [3.8, 4) is 0 Å². The molecule has 0 aliphatic heterocycles. The number of aryl methyl sites for hydroxylation is 1. The van der Waals surface area contributed by atoms with Crippen LogP contribution in [-0.4, -0.2) is 11.8 Å². The minimum atomic E-state index is -0.461. The van der Waals surface area contributed by atoms with Gasteiger partial charge in [-0.25, -0.2) is 0 Å². The first-order chi connectivity index (χ1) is 11.0. The molecule has 2 amide bonds. The monoisotopic (exact) mass is 328 g/mol. The Labute approximate surface area is 139 Å². The molecule has 0 radical (unpaired) electrons. The van der Waals surface area contributed by atoms with Crippen molar-refractivity contribution in [3.05, 3.63) is 51.4 Å². The molecule has 0 unspecified atom stereocenters. The Hall–Kier alpha value is -2.14. The van der Waals surface area contributed by atoms with E-state index in [-0.39, 0.29) is 5.91 Å². The molecule has 1 aliphatic rings. The molecule has 4 nitrogen and oxygen atoms in total. The van der Waals surface area contributed by atoms with Crippen LogP contribution in [0.4, 0.5) is 5.00 Å². The van der Waals surface area contributed by atoms with Gasteiger partial charge in [-0.3, -0.25) is 9.59 Å². The lowest BCUT2D eigenvalue weighted by molar-refractivity contribution is 0.1000. The number of rotatable bonds is 3. The van der Waals surface area contributed by atoms with Crippen LogP contribution >= 0.6 is 11.3 Å². The second kappa shape index (κ2) is 6.16. The quantitative estimate of drug-likeness (QED) is 0.904. The number of nitrogens with two attached hydrogens (primary N) is 1. The summed E-state index contributed by atoms with van der Waals surface area (Å²) in [5.41, 5.74) is 8.62. The molecule has 0 saturated heterocycles. The van der Waals surface area contributed by atoms with Gasteiger partial charge in [0.25, 0.3) is 11.8 Å². The summed E-state index contributed by atoms with van der Waals surface area (Å²) < 4.78 is 0. The predicted octanol–water partition coefficient (Wildman–Crippen LogP) is 3.53. The fourth-order valence-electron chi connectivity index (χ4n) is 3.10.